The number of carbonyl (C=O) groups is 1. The first-order chi connectivity index (χ1) is 15.8. The molecule has 2 N–H and O–H groups in total. The standard InChI is InChI=1S/C24H19BrCl2N2O4/c1-31-20-9-13(8-15(25)23(20)32-11-12-5-6-16(26)17(27)7-12)21-14(10-28)24(29)33-19-4-2-3-18(30)22(19)21/h5-9,21H,2-4,11,29H2,1H3/t21-/m0/s1. The summed E-state index contributed by atoms with van der Waals surface area (Å²) < 4.78 is 17.8. The van der Waals surface area contributed by atoms with Crippen LogP contribution in [0.2, 0.25) is 10.0 Å². The molecule has 1 aliphatic heterocycles. The normalized spacial score (nSPS) is 17.9. The van der Waals surface area contributed by atoms with Gasteiger partial charge in [-0.3, -0.25) is 4.79 Å². The number of nitrogens with two attached hydrogens (primary N) is 1. The van der Waals surface area contributed by atoms with Crippen LogP contribution in [-0.4, -0.2) is 12.9 Å². The highest BCUT2D eigenvalue weighted by Crippen LogP contribution is 2.47. The number of Topliss-reactive ketones (excluding diaryl/α,β-unsaturated/α-hetero) is 1. The number of ketones is 1. The van der Waals surface area contributed by atoms with Gasteiger partial charge in [-0.05, 0) is 57.7 Å². The molecule has 4 rings (SSSR count). The first-order valence-electron chi connectivity index (χ1n) is 10.1. The fourth-order valence-corrected chi connectivity index (χ4v) is 4.92. The molecular formula is C24H19BrCl2N2O4. The number of carbonyl (C=O) groups excluding carboxylic acids is 1. The highest BCUT2D eigenvalue weighted by Gasteiger charge is 2.38. The van der Waals surface area contributed by atoms with E-state index < -0.39 is 5.92 Å². The zero-order valence-corrected chi connectivity index (χ0v) is 20.7. The third-order valence-corrected chi connectivity index (χ3v) is 6.89. The first kappa shape index (κ1) is 23.5. The van der Waals surface area contributed by atoms with Crippen molar-refractivity contribution in [2.24, 2.45) is 5.73 Å². The zero-order valence-electron chi connectivity index (χ0n) is 17.6. The molecule has 0 radical (unpaired) electrons. The Balaban J connectivity index is 1.72. The Kier molecular flexibility index (Phi) is 6.89. The van der Waals surface area contributed by atoms with Crippen molar-refractivity contribution < 1.29 is 19.0 Å². The van der Waals surface area contributed by atoms with Crippen molar-refractivity contribution in [3.8, 4) is 17.6 Å². The fraction of sp³-hybridized carbons (Fsp3) is 0.250. The van der Waals surface area contributed by atoms with Crippen molar-refractivity contribution in [1.82, 2.24) is 0 Å². The van der Waals surface area contributed by atoms with Crippen LogP contribution in [0.3, 0.4) is 0 Å². The van der Waals surface area contributed by atoms with Crippen molar-refractivity contribution in [1.29, 1.82) is 5.26 Å². The number of benzene rings is 2. The van der Waals surface area contributed by atoms with Crippen LogP contribution in [0.15, 0.2) is 57.6 Å². The summed E-state index contributed by atoms with van der Waals surface area (Å²) in [5, 5.41) is 10.7. The molecule has 1 heterocycles. The number of hydrogen-bond donors (Lipinski definition) is 1. The predicted molar refractivity (Wildman–Crippen MR) is 128 cm³/mol. The molecule has 170 valence electrons. The van der Waals surface area contributed by atoms with Gasteiger partial charge in [0.2, 0.25) is 5.88 Å². The van der Waals surface area contributed by atoms with E-state index in [2.05, 4.69) is 22.0 Å². The third-order valence-electron chi connectivity index (χ3n) is 5.56. The number of nitrogens with zero attached hydrogens (tertiary/aromatic N) is 1. The highest BCUT2D eigenvalue weighted by molar-refractivity contribution is 9.10. The van der Waals surface area contributed by atoms with Gasteiger partial charge < -0.3 is 19.9 Å². The second-order valence-electron chi connectivity index (χ2n) is 7.61. The summed E-state index contributed by atoms with van der Waals surface area (Å²) >= 11 is 15.6. The smallest absolute Gasteiger partial charge is 0.205 e. The van der Waals surface area contributed by atoms with Gasteiger partial charge in [-0.2, -0.15) is 5.26 Å². The Labute approximate surface area is 209 Å². The molecule has 0 fully saturated rings. The van der Waals surface area contributed by atoms with Crippen LogP contribution in [0.5, 0.6) is 11.5 Å². The molecule has 0 aromatic heterocycles. The lowest BCUT2D eigenvalue weighted by Crippen LogP contribution is -2.27. The van der Waals surface area contributed by atoms with Gasteiger partial charge in [0, 0.05) is 18.4 Å². The van der Waals surface area contributed by atoms with Crippen LogP contribution in [0.25, 0.3) is 0 Å². The maximum Gasteiger partial charge on any atom is 0.205 e. The number of methoxy groups -OCH3 is 1. The molecule has 1 atom stereocenters. The van der Waals surface area contributed by atoms with Crippen LogP contribution in [0.1, 0.15) is 36.3 Å². The Bertz CT molecular complexity index is 1250. The van der Waals surface area contributed by atoms with E-state index in [1.807, 2.05) is 6.07 Å². The summed E-state index contributed by atoms with van der Waals surface area (Å²) in [6, 6.07) is 10.9. The zero-order chi connectivity index (χ0) is 23.7. The highest BCUT2D eigenvalue weighted by atomic mass is 79.9. The van der Waals surface area contributed by atoms with Gasteiger partial charge in [0.25, 0.3) is 0 Å². The second-order valence-corrected chi connectivity index (χ2v) is 9.28. The van der Waals surface area contributed by atoms with E-state index in [0.717, 1.165) is 5.56 Å². The lowest BCUT2D eigenvalue weighted by molar-refractivity contribution is -0.116. The summed E-state index contributed by atoms with van der Waals surface area (Å²) in [6.07, 6.45) is 1.69. The Morgan fingerprint density at radius 3 is 2.73 bits per heavy atom. The molecule has 2 aromatic carbocycles. The van der Waals surface area contributed by atoms with Crippen LogP contribution in [-0.2, 0) is 16.1 Å². The molecule has 33 heavy (non-hydrogen) atoms. The Morgan fingerprint density at radius 2 is 2.03 bits per heavy atom. The maximum absolute atomic E-state index is 12.8. The number of rotatable bonds is 5. The van der Waals surface area contributed by atoms with Crippen molar-refractivity contribution in [2.75, 3.05) is 7.11 Å². The van der Waals surface area contributed by atoms with E-state index in [0.29, 0.717) is 62.2 Å². The number of hydrogen-bond acceptors (Lipinski definition) is 6. The number of halogens is 3. The Morgan fingerprint density at radius 1 is 1.24 bits per heavy atom. The van der Waals surface area contributed by atoms with Crippen LogP contribution < -0.4 is 15.2 Å². The van der Waals surface area contributed by atoms with E-state index in [9.17, 15) is 10.1 Å². The molecule has 0 saturated carbocycles. The Hall–Kier alpha value is -2.66. The van der Waals surface area contributed by atoms with E-state index in [-0.39, 0.29) is 23.8 Å². The van der Waals surface area contributed by atoms with Crippen molar-refractivity contribution >= 4 is 44.9 Å². The molecule has 0 saturated heterocycles. The summed E-state index contributed by atoms with van der Waals surface area (Å²) in [5.74, 6) is 0.775. The van der Waals surface area contributed by atoms with Gasteiger partial charge >= 0.3 is 0 Å². The summed E-state index contributed by atoms with van der Waals surface area (Å²) in [7, 11) is 1.52. The molecule has 0 bridgehead atoms. The van der Waals surface area contributed by atoms with E-state index in [1.165, 1.54) is 7.11 Å². The van der Waals surface area contributed by atoms with Crippen molar-refractivity contribution in [3.05, 3.63) is 78.8 Å². The predicted octanol–water partition coefficient (Wildman–Crippen LogP) is 6.16. The average molecular weight is 550 g/mol. The molecule has 6 nitrogen and oxygen atoms in total. The molecule has 0 amide bonds. The van der Waals surface area contributed by atoms with E-state index >= 15 is 0 Å². The van der Waals surface area contributed by atoms with E-state index in [4.69, 9.17) is 43.1 Å². The monoisotopic (exact) mass is 548 g/mol. The second kappa shape index (κ2) is 9.68. The summed E-state index contributed by atoms with van der Waals surface area (Å²) in [4.78, 5) is 12.8. The van der Waals surface area contributed by atoms with E-state index in [1.54, 1.807) is 24.3 Å². The van der Waals surface area contributed by atoms with Gasteiger partial charge in [-0.15, -0.1) is 0 Å². The third kappa shape index (κ3) is 4.56. The summed E-state index contributed by atoms with van der Waals surface area (Å²) in [5.41, 5.74) is 8.22. The minimum Gasteiger partial charge on any atom is -0.493 e. The quantitative estimate of drug-likeness (QED) is 0.480. The van der Waals surface area contributed by atoms with Crippen LogP contribution >= 0.6 is 39.1 Å². The molecule has 2 aromatic rings. The van der Waals surface area contributed by atoms with Gasteiger partial charge in [-0.25, -0.2) is 0 Å². The fourth-order valence-electron chi connectivity index (χ4n) is 4.02. The van der Waals surface area contributed by atoms with Crippen molar-refractivity contribution in [3.63, 3.8) is 0 Å². The number of allylic oxidation sites excluding steroid dienone is 3. The maximum atomic E-state index is 12.8. The van der Waals surface area contributed by atoms with Gasteiger partial charge in [-0.1, -0.05) is 29.3 Å². The lowest BCUT2D eigenvalue weighted by Gasteiger charge is -2.31. The average Bonchev–Trinajstić information content (AvgIpc) is 2.79. The number of ether oxygens (including phenoxy) is 3. The van der Waals surface area contributed by atoms with Crippen LogP contribution in [0.4, 0.5) is 0 Å². The number of nitriles is 1. The van der Waals surface area contributed by atoms with Gasteiger partial charge in [0.1, 0.15) is 24.0 Å². The minimum absolute atomic E-state index is 0.0194. The lowest BCUT2D eigenvalue weighted by atomic mass is 9.77. The minimum atomic E-state index is -0.638. The van der Waals surface area contributed by atoms with Gasteiger partial charge in [0.15, 0.2) is 17.3 Å². The largest absolute Gasteiger partial charge is 0.493 e. The SMILES string of the molecule is COc1cc([C@H]2C(C#N)=C(N)OC3=C2C(=O)CCC3)cc(Br)c1OCc1ccc(Cl)c(Cl)c1. The molecule has 0 spiro atoms. The topological polar surface area (TPSA) is 94.6 Å². The molecule has 9 heteroatoms. The summed E-state index contributed by atoms with van der Waals surface area (Å²) in [6.45, 7) is 0.229. The van der Waals surface area contributed by atoms with Gasteiger partial charge in [0.05, 0.1) is 27.5 Å². The molecule has 0 unspecified atom stereocenters. The van der Waals surface area contributed by atoms with Crippen LogP contribution in [0, 0.1) is 11.3 Å². The molecule has 1 aliphatic carbocycles. The first-order valence-corrected chi connectivity index (χ1v) is 11.7. The molecule has 2 aliphatic rings. The molecular weight excluding hydrogens is 531 g/mol. The van der Waals surface area contributed by atoms with Crippen molar-refractivity contribution in [2.45, 2.75) is 31.8 Å².